The average molecular weight is 500 g/mol. The van der Waals surface area contributed by atoms with Crippen LogP contribution in [-0.4, -0.2) is 41.1 Å². The molecule has 4 rings (SSSR count). The molecule has 7 heteroatoms. The summed E-state index contributed by atoms with van der Waals surface area (Å²) >= 11 is 0. The van der Waals surface area contributed by atoms with E-state index in [1.807, 2.05) is 56.3 Å². The summed E-state index contributed by atoms with van der Waals surface area (Å²) in [6.45, 7) is 6.48. The number of aryl methyl sites for hydroxylation is 1. The topological polar surface area (TPSA) is 73.7 Å². The Morgan fingerprint density at radius 1 is 1.00 bits per heavy atom. The van der Waals surface area contributed by atoms with E-state index in [9.17, 15) is 9.59 Å². The second-order valence-electron chi connectivity index (χ2n) is 9.04. The average Bonchev–Trinajstić information content (AvgIpc) is 2.93. The van der Waals surface area contributed by atoms with Gasteiger partial charge in [-0.15, -0.1) is 0 Å². The summed E-state index contributed by atoms with van der Waals surface area (Å²) < 4.78 is 12.5. The third-order valence-corrected chi connectivity index (χ3v) is 6.61. The van der Waals surface area contributed by atoms with Crippen LogP contribution in [0.4, 0.5) is 0 Å². The van der Waals surface area contributed by atoms with Crippen LogP contribution in [0.15, 0.2) is 71.5 Å². The third kappa shape index (κ3) is 5.21. The standard InChI is InChI=1S/C30H33N3O4/c1-6-7-16-32(29(34)22-17-23(36-4)19-24(18-22)37-5)21(3)28-31-26-14-10-9-13-25(26)30(35)33(28)27-15-11-8-12-20(27)2/h8-15,17-19,21H,6-7,16H2,1-5H3. The molecule has 1 heterocycles. The van der Waals surface area contributed by atoms with Crippen molar-refractivity contribution in [2.75, 3.05) is 20.8 Å². The normalized spacial score (nSPS) is 11.8. The van der Waals surface area contributed by atoms with E-state index in [1.54, 1.807) is 48.0 Å². The molecule has 0 aliphatic carbocycles. The second kappa shape index (κ2) is 11.3. The van der Waals surface area contributed by atoms with Gasteiger partial charge in [0, 0.05) is 18.2 Å². The molecule has 3 aromatic carbocycles. The van der Waals surface area contributed by atoms with E-state index in [2.05, 4.69) is 6.92 Å². The van der Waals surface area contributed by atoms with E-state index >= 15 is 0 Å². The molecule has 1 aromatic heterocycles. The Hall–Kier alpha value is -4.13. The molecule has 192 valence electrons. The van der Waals surface area contributed by atoms with Gasteiger partial charge in [0.25, 0.3) is 11.5 Å². The number of carbonyl (C=O) groups excluding carboxylic acids is 1. The van der Waals surface area contributed by atoms with Crippen LogP contribution in [0.5, 0.6) is 11.5 Å². The number of methoxy groups -OCH3 is 2. The Balaban J connectivity index is 1.91. The fourth-order valence-electron chi connectivity index (χ4n) is 4.51. The lowest BCUT2D eigenvalue weighted by molar-refractivity contribution is 0.0677. The van der Waals surface area contributed by atoms with E-state index in [-0.39, 0.29) is 11.5 Å². The summed E-state index contributed by atoms with van der Waals surface area (Å²) in [4.78, 5) is 34.5. The SMILES string of the molecule is CCCCN(C(=O)c1cc(OC)cc(OC)c1)C(C)c1nc2ccccc2c(=O)n1-c1ccccc1C. The number of nitrogens with zero attached hydrogens (tertiary/aromatic N) is 3. The van der Waals surface area contributed by atoms with Crippen LogP contribution in [0.3, 0.4) is 0 Å². The first-order valence-corrected chi connectivity index (χ1v) is 12.5. The predicted molar refractivity (Wildman–Crippen MR) is 146 cm³/mol. The van der Waals surface area contributed by atoms with Gasteiger partial charge in [0.2, 0.25) is 0 Å². The maximum atomic E-state index is 14.0. The smallest absolute Gasteiger partial charge is 0.266 e. The van der Waals surface area contributed by atoms with Crippen LogP contribution < -0.4 is 15.0 Å². The van der Waals surface area contributed by atoms with Crippen LogP contribution in [0.2, 0.25) is 0 Å². The van der Waals surface area contributed by atoms with Gasteiger partial charge < -0.3 is 14.4 Å². The van der Waals surface area contributed by atoms with E-state index in [4.69, 9.17) is 14.5 Å². The molecular formula is C30H33N3O4. The van der Waals surface area contributed by atoms with E-state index in [0.29, 0.717) is 40.3 Å². The molecule has 0 spiro atoms. The van der Waals surface area contributed by atoms with Crippen molar-refractivity contribution in [2.24, 2.45) is 0 Å². The summed E-state index contributed by atoms with van der Waals surface area (Å²) in [6, 6.07) is 19.7. The highest BCUT2D eigenvalue weighted by Gasteiger charge is 2.28. The molecule has 1 atom stereocenters. The minimum absolute atomic E-state index is 0.160. The fourth-order valence-corrected chi connectivity index (χ4v) is 4.51. The predicted octanol–water partition coefficient (Wildman–Crippen LogP) is 5.71. The number of aromatic nitrogens is 2. The van der Waals surface area contributed by atoms with Gasteiger partial charge in [-0.05, 0) is 56.2 Å². The Morgan fingerprint density at radius 2 is 1.65 bits per heavy atom. The highest BCUT2D eigenvalue weighted by molar-refractivity contribution is 5.95. The lowest BCUT2D eigenvalue weighted by atomic mass is 10.1. The Morgan fingerprint density at radius 3 is 2.30 bits per heavy atom. The molecule has 4 aromatic rings. The van der Waals surface area contributed by atoms with Crippen molar-refractivity contribution < 1.29 is 14.3 Å². The molecule has 0 aliphatic heterocycles. The van der Waals surface area contributed by atoms with Gasteiger partial charge in [-0.3, -0.25) is 14.2 Å². The van der Waals surface area contributed by atoms with Crippen LogP contribution in [0, 0.1) is 6.92 Å². The lowest BCUT2D eigenvalue weighted by Crippen LogP contribution is -2.38. The molecule has 37 heavy (non-hydrogen) atoms. The third-order valence-electron chi connectivity index (χ3n) is 6.61. The lowest BCUT2D eigenvalue weighted by Gasteiger charge is -2.31. The largest absolute Gasteiger partial charge is 0.497 e. The number of benzene rings is 3. The summed E-state index contributed by atoms with van der Waals surface area (Å²) in [7, 11) is 3.11. The van der Waals surface area contributed by atoms with Gasteiger partial charge in [-0.2, -0.15) is 0 Å². The number of ether oxygens (including phenoxy) is 2. The van der Waals surface area contributed by atoms with Crippen molar-refractivity contribution in [1.82, 2.24) is 14.5 Å². The quantitative estimate of drug-likeness (QED) is 0.295. The summed E-state index contributed by atoms with van der Waals surface area (Å²) in [5.74, 6) is 1.40. The summed E-state index contributed by atoms with van der Waals surface area (Å²) in [6.07, 6.45) is 1.72. The van der Waals surface area contributed by atoms with Crippen LogP contribution >= 0.6 is 0 Å². The maximum absolute atomic E-state index is 14.0. The molecule has 1 amide bonds. The van der Waals surface area contributed by atoms with Crippen molar-refractivity contribution in [1.29, 1.82) is 0 Å². The molecular weight excluding hydrogens is 466 g/mol. The number of carbonyl (C=O) groups is 1. The number of hydrogen-bond donors (Lipinski definition) is 0. The molecule has 1 unspecified atom stereocenters. The molecule has 0 aliphatic rings. The van der Waals surface area contributed by atoms with Gasteiger partial charge in [-0.1, -0.05) is 43.7 Å². The minimum atomic E-state index is -0.492. The van der Waals surface area contributed by atoms with Gasteiger partial charge in [0.1, 0.15) is 17.3 Å². The summed E-state index contributed by atoms with van der Waals surface area (Å²) in [5, 5.41) is 0.533. The van der Waals surface area contributed by atoms with E-state index in [1.165, 1.54) is 0 Å². The van der Waals surface area contributed by atoms with E-state index in [0.717, 1.165) is 24.1 Å². The molecule has 0 bridgehead atoms. The minimum Gasteiger partial charge on any atom is -0.497 e. The first-order chi connectivity index (χ1) is 17.9. The van der Waals surface area contributed by atoms with Gasteiger partial charge >= 0.3 is 0 Å². The first kappa shape index (κ1) is 25.9. The highest BCUT2D eigenvalue weighted by Crippen LogP contribution is 2.29. The molecule has 0 fully saturated rings. The molecule has 0 radical (unpaired) electrons. The first-order valence-electron chi connectivity index (χ1n) is 12.5. The highest BCUT2D eigenvalue weighted by atomic mass is 16.5. The van der Waals surface area contributed by atoms with Gasteiger partial charge in [-0.25, -0.2) is 4.98 Å². The Kier molecular flexibility index (Phi) is 7.92. The van der Waals surface area contributed by atoms with Crippen molar-refractivity contribution in [3.05, 3.63) is 94.0 Å². The maximum Gasteiger partial charge on any atom is 0.266 e. The van der Waals surface area contributed by atoms with Gasteiger partial charge in [0.15, 0.2) is 0 Å². The molecule has 0 saturated carbocycles. The fraction of sp³-hybridized carbons (Fsp3) is 0.300. The zero-order valence-corrected chi connectivity index (χ0v) is 22.0. The number of hydrogen-bond acceptors (Lipinski definition) is 5. The zero-order valence-electron chi connectivity index (χ0n) is 22.0. The van der Waals surface area contributed by atoms with Crippen molar-refractivity contribution in [3.8, 4) is 17.2 Å². The van der Waals surface area contributed by atoms with Crippen LogP contribution in [0.1, 0.15) is 54.5 Å². The van der Waals surface area contributed by atoms with Crippen molar-refractivity contribution in [2.45, 2.75) is 39.7 Å². The summed E-state index contributed by atoms with van der Waals surface area (Å²) in [5.41, 5.74) is 2.58. The molecule has 0 N–H and O–H groups in total. The van der Waals surface area contributed by atoms with E-state index < -0.39 is 6.04 Å². The monoisotopic (exact) mass is 499 g/mol. The Labute approximate surface area is 217 Å². The number of para-hydroxylation sites is 2. The van der Waals surface area contributed by atoms with Crippen LogP contribution in [-0.2, 0) is 0 Å². The second-order valence-corrected chi connectivity index (χ2v) is 9.04. The van der Waals surface area contributed by atoms with Gasteiger partial charge in [0.05, 0.1) is 36.9 Å². The number of unbranched alkanes of at least 4 members (excludes halogenated alkanes) is 1. The number of rotatable bonds is 9. The van der Waals surface area contributed by atoms with Crippen molar-refractivity contribution >= 4 is 16.8 Å². The molecule has 0 saturated heterocycles. The molecule has 7 nitrogen and oxygen atoms in total. The Bertz CT molecular complexity index is 1460. The van der Waals surface area contributed by atoms with Crippen LogP contribution in [0.25, 0.3) is 16.6 Å². The number of fused-ring (bicyclic) bond motifs is 1. The number of amides is 1. The van der Waals surface area contributed by atoms with Crippen molar-refractivity contribution in [3.63, 3.8) is 0 Å². The zero-order chi connectivity index (χ0) is 26.5.